The third-order valence-electron chi connectivity index (χ3n) is 3.93. The van der Waals surface area contributed by atoms with Crippen LogP contribution < -0.4 is 0 Å². The zero-order valence-electron chi connectivity index (χ0n) is 11.2. The van der Waals surface area contributed by atoms with Crippen molar-refractivity contribution in [1.82, 2.24) is 0 Å². The molecule has 2 unspecified atom stereocenters. The molecular weight excluding hydrogens is 288 g/mol. The maximum Gasteiger partial charge on any atom is 0.140 e. The van der Waals surface area contributed by atoms with Crippen LogP contribution in [0.15, 0.2) is 28.7 Å². The van der Waals surface area contributed by atoms with Gasteiger partial charge in [-0.15, -0.1) is 0 Å². The fraction of sp³-hybridized carbons (Fsp3) is 0.562. The van der Waals surface area contributed by atoms with E-state index in [1.807, 2.05) is 24.3 Å². The average Bonchev–Trinajstić information content (AvgIpc) is 2.31. The Hall–Kier alpha value is -0.630. The van der Waals surface area contributed by atoms with Crippen molar-refractivity contribution in [3.05, 3.63) is 34.3 Å². The van der Waals surface area contributed by atoms with Crippen LogP contribution in [0.3, 0.4) is 0 Å². The van der Waals surface area contributed by atoms with Crippen molar-refractivity contribution in [2.24, 2.45) is 17.8 Å². The Balaban J connectivity index is 1.97. The maximum atomic E-state index is 12.3. The van der Waals surface area contributed by atoms with Crippen LogP contribution in [0.5, 0.6) is 0 Å². The molecule has 0 N–H and O–H groups in total. The van der Waals surface area contributed by atoms with Crippen LogP contribution in [0.4, 0.5) is 0 Å². The number of hydrogen-bond donors (Lipinski definition) is 0. The number of Topliss-reactive ketones (excluding diaryl/α,β-unsaturated/α-hetero) is 1. The van der Waals surface area contributed by atoms with E-state index in [0.717, 1.165) is 22.9 Å². The highest BCUT2D eigenvalue weighted by Gasteiger charge is 2.28. The van der Waals surface area contributed by atoms with Gasteiger partial charge in [-0.25, -0.2) is 0 Å². The smallest absolute Gasteiger partial charge is 0.140 e. The molecule has 0 heterocycles. The van der Waals surface area contributed by atoms with Crippen LogP contribution in [0.25, 0.3) is 0 Å². The molecule has 0 aromatic heterocycles. The third kappa shape index (κ3) is 3.68. The molecule has 2 heteroatoms. The SMILES string of the molecule is CC1CC(C)CC(C(=O)Cc2ccc(Br)cc2)C1. The van der Waals surface area contributed by atoms with Gasteiger partial charge in [0.05, 0.1) is 0 Å². The lowest BCUT2D eigenvalue weighted by Crippen LogP contribution is -2.27. The lowest BCUT2D eigenvalue weighted by atomic mass is 9.74. The Kier molecular flexibility index (Phi) is 4.60. The number of carbonyl (C=O) groups excluding carboxylic acids is 1. The lowest BCUT2D eigenvalue weighted by molar-refractivity contribution is -0.124. The molecule has 0 amide bonds. The van der Waals surface area contributed by atoms with Crippen molar-refractivity contribution >= 4 is 21.7 Å². The molecule has 18 heavy (non-hydrogen) atoms. The lowest BCUT2D eigenvalue weighted by Gasteiger charge is -2.30. The highest BCUT2D eigenvalue weighted by atomic mass is 79.9. The van der Waals surface area contributed by atoms with E-state index in [1.165, 1.54) is 6.42 Å². The molecule has 1 aromatic rings. The summed E-state index contributed by atoms with van der Waals surface area (Å²) in [6.45, 7) is 4.55. The highest BCUT2D eigenvalue weighted by molar-refractivity contribution is 9.10. The molecule has 1 aromatic carbocycles. The number of rotatable bonds is 3. The molecule has 0 spiro atoms. The van der Waals surface area contributed by atoms with Crippen LogP contribution in [-0.2, 0) is 11.2 Å². The number of hydrogen-bond acceptors (Lipinski definition) is 1. The van der Waals surface area contributed by atoms with E-state index in [9.17, 15) is 4.79 Å². The van der Waals surface area contributed by atoms with Gasteiger partial charge in [0.2, 0.25) is 0 Å². The molecule has 98 valence electrons. The van der Waals surface area contributed by atoms with Crippen molar-refractivity contribution in [3.8, 4) is 0 Å². The highest BCUT2D eigenvalue weighted by Crippen LogP contribution is 2.33. The molecule has 1 aliphatic carbocycles. The van der Waals surface area contributed by atoms with Crippen molar-refractivity contribution in [1.29, 1.82) is 0 Å². The van der Waals surface area contributed by atoms with Gasteiger partial charge in [0, 0.05) is 16.8 Å². The minimum Gasteiger partial charge on any atom is -0.299 e. The minimum absolute atomic E-state index is 0.285. The van der Waals surface area contributed by atoms with Gasteiger partial charge >= 0.3 is 0 Å². The molecule has 0 saturated heterocycles. The number of halogens is 1. The van der Waals surface area contributed by atoms with Crippen LogP contribution in [0, 0.1) is 17.8 Å². The molecule has 2 atom stereocenters. The standard InChI is InChI=1S/C16H21BrO/c1-11-7-12(2)9-14(8-11)16(18)10-13-3-5-15(17)6-4-13/h3-6,11-12,14H,7-10H2,1-2H3. The second kappa shape index (κ2) is 6.01. The van der Waals surface area contributed by atoms with E-state index in [2.05, 4.69) is 29.8 Å². The third-order valence-corrected chi connectivity index (χ3v) is 4.45. The summed E-state index contributed by atoms with van der Waals surface area (Å²) in [7, 11) is 0. The normalized spacial score (nSPS) is 28.1. The van der Waals surface area contributed by atoms with E-state index in [4.69, 9.17) is 0 Å². The largest absolute Gasteiger partial charge is 0.299 e. The van der Waals surface area contributed by atoms with E-state index < -0.39 is 0 Å². The quantitative estimate of drug-likeness (QED) is 0.795. The van der Waals surface area contributed by atoms with Gasteiger partial charge in [0.25, 0.3) is 0 Å². The van der Waals surface area contributed by atoms with Gasteiger partial charge in [-0.1, -0.05) is 41.9 Å². The van der Waals surface area contributed by atoms with Crippen LogP contribution in [0.1, 0.15) is 38.7 Å². The Bertz CT molecular complexity index is 400. The summed E-state index contributed by atoms with van der Waals surface area (Å²) in [6.07, 6.45) is 4.04. The first-order chi connectivity index (χ1) is 8.54. The van der Waals surface area contributed by atoms with Crippen molar-refractivity contribution in [2.75, 3.05) is 0 Å². The van der Waals surface area contributed by atoms with Gasteiger partial charge < -0.3 is 0 Å². The predicted molar refractivity (Wildman–Crippen MR) is 78.5 cm³/mol. The Labute approximate surface area is 118 Å². The van der Waals surface area contributed by atoms with Crippen molar-refractivity contribution in [2.45, 2.75) is 39.5 Å². The second-order valence-corrected chi connectivity index (χ2v) is 6.80. The summed E-state index contributed by atoms with van der Waals surface area (Å²) in [5.74, 6) is 2.11. The van der Waals surface area contributed by atoms with Gasteiger partial charge in [-0.3, -0.25) is 4.79 Å². The fourth-order valence-electron chi connectivity index (χ4n) is 3.16. The summed E-state index contributed by atoms with van der Waals surface area (Å²) < 4.78 is 1.07. The maximum absolute atomic E-state index is 12.3. The van der Waals surface area contributed by atoms with Crippen molar-refractivity contribution < 1.29 is 4.79 Å². The first kappa shape index (κ1) is 13.8. The van der Waals surface area contributed by atoms with Crippen LogP contribution in [-0.4, -0.2) is 5.78 Å². The Morgan fingerprint density at radius 2 is 1.67 bits per heavy atom. The van der Waals surface area contributed by atoms with Gasteiger partial charge in [0.1, 0.15) is 5.78 Å². The molecule has 0 aliphatic heterocycles. The first-order valence-corrected chi connectivity index (χ1v) is 7.61. The predicted octanol–water partition coefficient (Wildman–Crippen LogP) is 4.63. The van der Waals surface area contributed by atoms with Gasteiger partial charge in [0.15, 0.2) is 0 Å². The Morgan fingerprint density at radius 1 is 1.11 bits per heavy atom. The van der Waals surface area contributed by atoms with Gasteiger partial charge in [-0.05, 0) is 48.8 Å². The average molecular weight is 309 g/mol. The monoisotopic (exact) mass is 308 g/mol. The summed E-state index contributed by atoms with van der Waals surface area (Å²) in [4.78, 5) is 12.3. The van der Waals surface area contributed by atoms with Crippen molar-refractivity contribution in [3.63, 3.8) is 0 Å². The Morgan fingerprint density at radius 3 is 2.22 bits per heavy atom. The molecule has 1 saturated carbocycles. The zero-order chi connectivity index (χ0) is 13.1. The second-order valence-electron chi connectivity index (χ2n) is 5.88. The molecule has 2 rings (SSSR count). The molecule has 1 fully saturated rings. The van der Waals surface area contributed by atoms with Crippen LogP contribution >= 0.6 is 15.9 Å². The summed E-state index contributed by atoms with van der Waals surface area (Å²) >= 11 is 3.42. The topological polar surface area (TPSA) is 17.1 Å². The fourth-order valence-corrected chi connectivity index (χ4v) is 3.42. The number of benzene rings is 1. The van der Waals surface area contributed by atoms with Crippen LogP contribution in [0.2, 0.25) is 0 Å². The molecular formula is C16H21BrO. The first-order valence-electron chi connectivity index (χ1n) is 6.81. The minimum atomic E-state index is 0.285. The number of ketones is 1. The van der Waals surface area contributed by atoms with E-state index in [0.29, 0.717) is 24.0 Å². The van der Waals surface area contributed by atoms with E-state index in [1.54, 1.807) is 0 Å². The summed E-state index contributed by atoms with van der Waals surface area (Å²) in [6, 6.07) is 8.10. The van der Waals surface area contributed by atoms with E-state index >= 15 is 0 Å². The molecule has 0 bridgehead atoms. The summed E-state index contributed by atoms with van der Waals surface area (Å²) in [5, 5.41) is 0. The molecule has 1 aliphatic rings. The zero-order valence-corrected chi connectivity index (χ0v) is 12.7. The molecule has 0 radical (unpaired) electrons. The van der Waals surface area contributed by atoms with E-state index in [-0.39, 0.29) is 5.92 Å². The number of carbonyl (C=O) groups is 1. The molecule has 1 nitrogen and oxygen atoms in total. The summed E-state index contributed by atoms with van der Waals surface area (Å²) in [5.41, 5.74) is 1.13. The van der Waals surface area contributed by atoms with Gasteiger partial charge in [-0.2, -0.15) is 0 Å².